The lowest BCUT2D eigenvalue weighted by Crippen LogP contribution is -2.04. The van der Waals surface area contributed by atoms with Gasteiger partial charge in [-0.1, -0.05) is 42.5 Å². The monoisotopic (exact) mass is 381 g/mol. The Morgan fingerprint density at radius 1 is 0.828 bits per heavy atom. The van der Waals surface area contributed by atoms with E-state index in [-0.39, 0.29) is 0 Å². The van der Waals surface area contributed by atoms with E-state index < -0.39 is 0 Å². The predicted octanol–water partition coefficient (Wildman–Crippen LogP) is 3.67. The Morgan fingerprint density at radius 2 is 1.66 bits per heavy atom. The number of nitrogens with zero attached hydrogens (tertiary/aromatic N) is 6. The van der Waals surface area contributed by atoms with E-state index in [4.69, 9.17) is 0 Å². The van der Waals surface area contributed by atoms with Gasteiger partial charge in [0, 0.05) is 18.9 Å². The molecule has 0 saturated carbocycles. The Bertz CT molecular complexity index is 1210. The van der Waals surface area contributed by atoms with Gasteiger partial charge in [0.2, 0.25) is 0 Å². The molecule has 0 fully saturated rings. The van der Waals surface area contributed by atoms with Crippen molar-refractivity contribution >= 4 is 16.9 Å². The van der Waals surface area contributed by atoms with E-state index in [1.807, 2.05) is 52.0 Å². The summed E-state index contributed by atoms with van der Waals surface area (Å²) < 4.78 is 3.74. The van der Waals surface area contributed by atoms with Crippen LogP contribution in [0.1, 0.15) is 11.1 Å². The standard InChI is InChI=1S/C22H19N7/c1-2-5-19(6-3-1)29-22-20(14-27-29)21(24-16-25-22)23-13-17-7-9-18(10-8-17)15-28-12-4-11-26-28/h1-12,14,16H,13,15H2,(H,23,24,25). The van der Waals surface area contributed by atoms with Crippen molar-refractivity contribution in [1.82, 2.24) is 29.5 Å². The molecule has 0 saturated heterocycles. The zero-order valence-corrected chi connectivity index (χ0v) is 15.7. The predicted molar refractivity (Wildman–Crippen MR) is 112 cm³/mol. The van der Waals surface area contributed by atoms with Crippen LogP contribution in [0.5, 0.6) is 0 Å². The van der Waals surface area contributed by atoms with Crippen molar-refractivity contribution in [3.05, 3.63) is 96.7 Å². The molecule has 5 rings (SSSR count). The minimum absolute atomic E-state index is 0.671. The summed E-state index contributed by atoms with van der Waals surface area (Å²) in [6.45, 7) is 1.44. The van der Waals surface area contributed by atoms with Crippen molar-refractivity contribution in [3.8, 4) is 5.69 Å². The van der Waals surface area contributed by atoms with Crippen molar-refractivity contribution in [1.29, 1.82) is 0 Å². The summed E-state index contributed by atoms with van der Waals surface area (Å²) in [6, 6.07) is 20.4. The van der Waals surface area contributed by atoms with E-state index in [1.165, 1.54) is 11.1 Å². The number of hydrogen-bond acceptors (Lipinski definition) is 5. The smallest absolute Gasteiger partial charge is 0.168 e. The molecule has 5 aromatic rings. The molecule has 0 aliphatic carbocycles. The van der Waals surface area contributed by atoms with Gasteiger partial charge >= 0.3 is 0 Å². The molecule has 0 aliphatic heterocycles. The van der Waals surface area contributed by atoms with Gasteiger partial charge in [-0.15, -0.1) is 0 Å². The average Bonchev–Trinajstić information content (AvgIpc) is 3.44. The quantitative estimate of drug-likeness (QED) is 0.486. The zero-order valence-electron chi connectivity index (χ0n) is 15.7. The first-order valence-corrected chi connectivity index (χ1v) is 9.40. The number of aromatic nitrogens is 6. The number of anilines is 1. The Kier molecular flexibility index (Phi) is 4.46. The van der Waals surface area contributed by atoms with E-state index in [2.05, 4.69) is 49.7 Å². The van der Waals surface area contributed by atoms with Crippen LogP contribution >= 0.6 is 0 Å². The first-order valence-electron chi connectivity index (χ1n) is 9.40. The lowest BCUT2D eigenvalue weighted by molar-refractivity contribution is 0.686. The molecular weight excluding hydrogens is 362 g/mol. The molecule has 3 aromatic heterocycles. The summed E-state index contributed by atoms with van der Waals surface area (Å²) in [5.41, 5.74) is 4.14. The molecule has 142 valence electrons. The summed E-state index contributed by atoms with van der Waals surface area (Å²) >= 11 is 0. The summed E-state index contributed by atoms with van der Waals surface area (Å²) in [4.78, 5) is 8.83. The second-order valence-corrected chi connectivity index (χ2v) is 6.73. The highest BCUT2D eigenvalue weighted by Gasteiger charge is 2.10. The van der Waals surface area contributed by atoms with E-state index in [0.29, 0.717) is 6.54 Å². The van der Waals surface area contributed by atoms with Crippen LogP contribution in [0.4, 0.5) is 5.82 Å². The van der Waals surface area contributed by atoms with Crippen molar-refractivity contribution in [2.45, 2.75) is 13.1 Å². The van der Waals surface area contributed by atoms with Crippen LogP contribution in [0.15, 0.2) is 85.6 Å². The van der Waals surface area contributed by atoms with Gasteiger partial charge in [-0.25, -0.2) is 14.6 Å². The van der Waals surface area contributed by atoms with E-state index in [0.717, 1.165) is 29.1 Å². The van der Waals surface area contributed by atoms with Gasteiger partial charge in [0.15, 0.2) is 5.65 Å². The van der Waals surface area contributed by atoms with Gasteiger partial charge in [0.05, 0.1) is 23.8 Å². The van der Waals surface area contributed by atoms with Crippen molar-refractivity contribution in [2.24, 2.45) is 0 Å². The number of nitrogens with one attached hydrogen (secondary N) is 1. The van der Waals surface area contributed by atoms with Gasteiger partial charge in [-0.2, -0.15) is 10.2 Å². The highest BCUT2D eigenvalue weighted by molar-refractivity contribution is 5.87. The third kappa shape index (κ3) is 3.58. The highest BCUT2D eigenvalue weighted by Crippen LogP contribution is 2.22. The molecule has 2 aromatic carbocycles. The SMILES string of the molecule is c1ccc(-n2ncc3c(NCc4ccc(Cn5cccn5)cc4)ncnc32)cc1. The van der Waals surface area contributed by atoms with Gasteiger partial charge < -0.3 is 5.32 Å². The van der Waals surface area contributed by atoms with Crippen molar-refractivity contribution in [3.63, 3.8) is 0 Å². The molecule has 0 aliphatic rings. The Morgan fingerprint density at radius 3 is 2.45 bits per heavy atom. The van der Waals surface area contributed by atoms with Crippen LogP contribution in [-0.4, -0.2) is 29.5 Å². The van der Waals surface area contributed by atoms with E-state index in [1.54, 1.807) is 18.7 Å². The van der Waals surface area contributed by atoms with Crippen molar-refractivity contribution in [2.75, 3.05) is 5.32 Å². The summed E-state index contributed by atoms with van der Waals surface area (Å²) in [5.74, 6) is 0.776. The van der Waals surface area contributed by atoms with Gasteiger partial charge in [-0.05, 0) is 29.3 Å². The molecule has 29 heavy (non-hydrogen) atoms. The maximum Gasteiger partial charge on any atom is 0.168 e. The molecule has 0 atom stereocenters. The Balaban J connectivity index is 1.32. The fourth-order valence-electron chi connectivity index (χ4n) is 3.27. The summed E-state index contributed by atoms with van der Waals surface area (Å²) in [7, 11) is 0. The van der Waals surface area contributed by atoms with Gasteiger partial charge in [0.25, 0.3) is 0 Å². The molecule has 0 amide bonds. The largest absolute Gasteiger partial charge is 0.365 e. The lowest BCUT2D eigenvalue weighted by Gasteiger charge is -2.08. The molecular formula is C22H19N7. The van der Waals surface area contributed by atoms with Crippen LogP contribution in [0, 0.1) is 0 Å². The first-order chi connectivity index (χ1) is 14.4. The van der Waals surface area contributed by atoms with E-state index in [9.17, 15) is 0 Å². The van der Waals surface area contributed by atoms with Crippen LogP contribution in [0.3, 0.4) is 0 Å². The van der Waals surface area contributed by atoms with Crippen molar-refractivity contribution < 1.29 is 0 Å². The first kappa shape index (κ1) is 17.1. The van der Waals surface area contributed by atoms with Gasteiger partial charge in [-0.3, -0.25) is 4.68 Å². The minimum Gasteiger partial charge on any atom is -0.365 e. The molecule has 7 nitrogen and oxygen atoms in total. The molecule has 0 bridgehead atoms. The van der Waals surface area contributed by atoms with Crippen LogP contribution < -0.4 is 5.32 Å². The minimum atomic E-state index is 0.671. The second-order valence-electron chi connectivity index (χ2n) is 6.73. The Labute approximate surface area is 167 Å². The number of para-hydroxylation sites is 1. The Hall–Kier alpha value is -4.00. The zero-order chi connectivity index (χ0) is 19.5. The maximum atomic E-state index is 4.49. The molecule has 0 radical (unpaired) electrons. The maximum absolute atomic E-state index is 4.49. The van der Waals surface area contributed by atoms with Crippen LogP contribution in [0.25, 0.3) is 16.7 Å². The number of rotatable bonds is 6. The van der Waals surface area contributed by atoms with Gasteiger partial charge in [0.1, 0.15) is 12.1 Å². The fourth-order valence-corrected chi connectivity index (χ4v) is 3.27. The van der Waals surface area contributed by atoms with Crippen LogP contribution in [-0.2, 0) is 13.1 Å². The third-order valence-corrected chi connectivity index (χ3v) is 4.75. The second kappa shape index (κ2) is 7.55. The number of hydrogen-bond donors (Lipinski definition) is 1. The van der Waals surface area contributed by atoms with E-state index >= 15 is 0 Å². The third-order valence-electron chi connectivity index (χ3n) is 4.75. The molecule has 1 N–H and O–H groups in total. The average molecular weight is 381 g/mol. The number of benzene rings is 2. The van der Waals surface area contributed by atoms with Crippen LogP contribution in [0.2, 0.25) is 0 Å². The highest BCUT2D eigenvalue weighted by atomic mass is 15.3. The normalized spacial score (nSPS) is 11.0. The molecule has 7 heteroatoms. The molecule has 3 heterocycles. The lowest BCUT2D eigenvalue weighted by atomic mass is 10.1. The summed E-state index contributed by atoms with van der Waals surface area (Å²) in [6.07, 6.45) is 7.13. The molecule has 0 spiro atoms. The number of fused-ring (bicyclic) bond motifs is 1. The topological polar surface area (TPSA) is 73.5 Å². The molecule has 0 unspecified atom stereocenters. The fraction of sp³-hybridized carbons (Fsp3) is 0.0909. The summed E-state index contributed by atoms with van der Waals surface area (Å²) in [5, 5.41) is 13.0.